The first-order valence-corrected chi connectivity index (χ1v) is 11.8. The fourth-order valence-electron chi connectivity index (χ4n) is 5.04. The lowest BCUT2D eigenvalue weighted by Crippen LogP contribution is -2.53. The third kappa shape index (κ3) is 7.16. The number of carboxylic acids is 1. The van der Waals surface area contributed by atoms with Crippen molar-refractivity contribution in [2.45, 2.75) is 69.1 Å². The highest BCUT2D eigenvalue weighted by Gasteiger charge is 2.50. The van der Waals surface area contributed by atoms with E-state index in [9.17, 15) is 13.2 Å². The third-order valence-electron chi connectivity index (χ3n) is 6.91. The minimum atomic E-state index is -5.08. The summed E-state index contributed by atoms with van der Waals surface area (Å²) >= 11 is 0. The number of carbonyl (C=O) groups is 1. The number of alkyl halides is 3. The number of hydrogen-bond acceptors (Lipinski definition) is 5. The number of rotatable bonds is 7. The number of likely N-dealkylation sites (N-methyl/N-ethyl adjacent to an activating group) is 1. The minimum absolute atomic E-state index is 0.157. The Kier molecular flexibility index (Phi) is 10.1. The number of guanidine groups is 1. The van der Waals surface area contributed by atoms with Crippen LogP contribution in [0.15, 0.2) is 18.2 Å². The normalized spacial score (nSPS) is 24.0. The Morgan fingerprint density at radius 3 is 2.49 bits per heavy atom. The Morgan fingerprint density at radius 2 is 1.91 bits per heavy atom. The summed E-state index contributed by atoms with van der Waals surface area (Å²) in [6, 6.07) is 7.25. The Bertz CT molecular complexity index is 868. The van der Waals surface area contributed by atoms with E-state index in [2.05, 4.69) is 41.6 Å². The van der Waals surface area contributed by atoms with E-state index < -0.39 is 12.1 Å². The summed E-state index contributed by atoms with van der Waals surface area (Å²) < 4.78 is 42.7. The predicted molar refractivity (Wildman–Crippen MR) is 127 cm³/mol. The van der Waals surface area contributed by atoms with Crippen molar-refractivity contribution in [3.8, 4) is 11.5 Å². The van der Waals surface area contributed by atoms with Gasteiger partial charge in [0.1, 0.15) is 0 Å². The molecule has 35 heavy (non-hydrogen) atoms. The van der Waals surface area contributed by atoms with Gasteiger partial charge in [-0.2, -0.15) is 13.2 Å². The van der Waals surface area contributed by atoms with E-state index in [-0.39, 0.29) is 5.41 Å². The molecule has 1 saturated carbocycles. The minimum Gasteiger partial charge on any atom is -0.493 e. The average Bonchev–Trinajstić information content (AvgIpc) is 3.15. The van der Waals surface area contributed by atoms with Crippen LogP contribution in [0.2, 0.25) is 0 Å². The molecule has 1 aliphatic carbocycles. The maximum atomic E-state index is 10.6. The van der Waals surface area contributed by atoms with E-state index in [1.807, 2.05) is 6.07 Å². The van der Waals surface area contributed by atoms with Crippen molar-refractivity contribution in [3.05, 3.63) is 23.8 Å². The zero-order valence-corrected chi connectivity index (χ0v) is 20.8. The lowest BCUT2D eigenvalue weighted by atomic mass is 9.65. The second-order valence-electron chi connectivity index (χ2n) is 9.05. The number of unbranched alkanes of at least 4 members (excludes halogenated alkanes) is 1. The van der Waals surface area contributed by atoms with Crippen molar-refractivity contribution in [2.75, 3.05) is 34.4 Å². The van der Waals surface area contributed by atoms with Gasteiger partial charge in [0, 0.05) is 24.0 Å². The Morgan fingerprint density at radius 1 is 1.26 bits per heavy atom. The van der Waals surface area contributed by atoms with Crippen molar-refractivity contribution in [1.29, 1.82) is 5.41 Å². The van der Waals surface area contributed by atoms with Gasteiger partial charge in [0.25, 0.3) is 0 Å². The largest absolute Gasteiger partial charge is 0.493 e. The summed E-state index contributed by atoms with van der Waals surface area (Å²) in [6.07, 6.45) is 1.59. The number of carboxylic acid groups (broad SMARTS) is 1. The molecule has 1 heterocycles. The summed E-state index contributed by atoms with van der Waals surface area (Å²) in [4.78, 5) is 11.4. The van der Waals surface area contributed by atoms with Crippen LogP contribution in [0.4, 0.5) is 13.2 Å². The lowest BCUT2D eigenvalue weighted by Gasteiger charge is -2.45. The molecule has 1 saturated heterocycles. The van der Waals surface area contributed by atoms with E-state index >= 15 is 0 Å². The van der Waals surface area contributed by atoms with Gasteiger partial charge in [-0.3, -0.25) is 5.41 Å². The van der Waals surface area contributed by atoms with Gasteiger partial charge in [-0.1, -0.05) is 19.4 Å². The van der Waals surface area contributed by atoms with E-state index in [4.69, 9.17) is 24.8 Å². The van der Waals surface area contributed by atoms with Crippen LogP contribution in [0.1, 0.15) is 51.0 Å². The highest BCUT2D eigenvalue weighted by molar-refractivity contribution is 5.76. The number of halogens is 3. The number of likely N-dealkylation sites (tertiary alicyclic amines) is 1. The second kappa shape index (κ2) is 12.3. The summed E-state index contributed by atoms with van der Waals surface area (Å²) in [7, 11) is 5.62. The monoisotopic (exact) mass is 502 g/mol. The molecule has 3 atom stereocenters. The molecule has 1 aromatic carbocycles. The number of benzene rings is 1. The SMILES string of the molecule is CCCCNC(=N)NC1CCC2(c3ccc(OC)c(OC)c3)CCN(C)C2C1.O=C(O)C(F)(F)F. The molecule has 0 amide bonds. The number of hydrogen-bond donors (Lipinski definition) is 4. The molecule has 8 nitrogen and oxygen atoms in total. The summed E-state index contributed by atoms with van der Waals surface area (Å²) in [5, 5.41) is 21.9. The molecule has 3 unspecified atom stereocenters. The highest BCUT2D eigenvalue weighted by atomic mass is 19.4. The van der Waals surface area contributed by atoms with E-state index in [1.165, 1.54) is 12.0 Å². The maximum Gasteiger partial charge on any atom is 0.490 e. The highest BCUT2D eigenvalue weighted by Crippen LogP contribution is 2.49. The topological polar surface area (TPSA) is 107 Å². The van der Waals surface area contributed by atoms with Crippen LogP contribution in [-0.2, 0) is 10.2 Å². The van der Waals surface area contributed by atoms with Gasteiger partial charge < -0.3 is 30.1 Å². The van der Waals surface area contributed by atoms with Gasteiger partial charge in [-0.15, -0.1) is 0 Å². The fourth-order valence-corrected chi connectivity index (χ4v) is 5.04. The quantitative estimate of drug-likeness (QED) is 0.256. The summed E-state index contributed by atoms with van der Waals surface area (Å²) in [6.45, 7) is 4.15. The molecule has 0 aromatic heterocycles. The first-order chi connectivity index (χ1) is 16.5. The Labute approximate surface area is 204 Å². The smallest absolute Gasteiger partial charge is 0.490 e. The van der Waals surface area contributed by atoms with Crippen LogP contribution in [0.3, 0.4) is 0 Å². The summed E-state index contributed by atoms with van der Waals surface area (Å²) in [5.74, 6) is -0.692. The van der Waals surface area contributed by atoms with Gasteiger partial charge in [0.15, 0.2) is 17.5 Å². The van der Waals surface area contributed by atoms with Crippen molar-refractivity contribution in [1.82, 2.24) is 15.5 Å². The van der Waals surface area contributed by atoms with E-state index in [0.717, 1.165) is 56.7 Å². The molecule has 0 bridgehead atoms. The van der Waals surface area contributed by atoms with Gasteiger partial charge >= 0.3 is 12.1 Å². The van der Waals surface area contributed by atoms with E-state index in [0.29, 0.717) is 18.0 Å². The number of methoxy groups -OCH3 is 2. The van der Waals surface area contributed by atoms with Gasteiger partial charge in [0.2, 0.25) is 0 Å². The van der Waals surface area contributed by atoms with Crippen LogP contribution >= 0.6 is 0 Å². The maximum absolute atomic E-state index is 10.6. The average molecular weight is 503 g/mol. The molecular weight excluding hydrogens is 465 g/mol. The Balaban J connectivity index is 0.000000540. The summed E-state index contributed by atoms with van der Waals surface area (Å²) in [5.41, 5.74) is 1.51. The number of nitrogens with zero attached hydrogens (tertiary/aromatic N) is 1. The molecule has 1 aromatic rings. The number of fused-ring (bicyclic) bond motifs is 1. The van der Waals surface area contributed by atoms with Gasteiger partial charge in [0.05, 0.1) is 14.2 Å². The molecule has 0 spiro atoms. The van der Waals surface area contributed by atoms with Crippen molar-refractivity contribution < 1.29 is 32.5 Å². The zero-order chi connectivity index (χ0) is 26.2. The molecule has 2 fully saturated rings. The van der Waals surface area contributed by atoms with Crippen LogP contribution in [0.5, 0.6) is 11.5 Å². The van der Waals surface area contributed by atoms with Crippen LogP contribution in [0.25, 0.3) is 0 Å². The van der Waals surface area contributed by atoms with Gasteiger partial charge in [-0.05, 0) is 63.4 Å². The molecule has 2 aliphatic rings. The number of nitrogens with one attached hydrogen (secondary N) is 3. The standard InChI is InChI=1S/C22H36N4O2.C2HF3O2/c1-5-6-12-24-21(23)25-17-9-10-22(11-13-26(2)20(22)15-17)16-7-8-18(27-3)19(14-16)28-4;3-2(4,5)1(6)7/h7-8,14,17,20H,5-6,9-13,15H2,1-4H3,(H3,23,24,25);(H,6,7). The van der Waals surface area contributed by atoms with Crippen molar-refractivity contribution >= 4 is 11.9 Å². The predicted octanol–water partition coefficient (Wildman–Crippen LogP) is 3.75. The molecule has 4 N–H and O–H groups in total. The van der Waals surface area contributed by atoms with Crippen LogP contribution in [0, 0.1) is 5.41 Å². The van der Waals surface area contributed by atoms with Crippen molar-refractivity contribution in [3.63, 3.8) is 0 Å². The molecule has 11 heteroatoms. The van der Waals surface area contributed by atoms with Crippen molar-refractivity contribution in [2.24, 2.45) is 0 Å². The zero-order valence-electron chi connectivity index (χ0n) is 20.8. The third-order valence-corrected chi connectivity index (χ3v) is 6.91. The molecule has 1 aliphatic heterocycles. The van der Waals surface area contributed by atoms with Gasteiger partial charge in [-0.25, -0.2) is 4.79 Å². The Hall–Kier alpha value is -2.69. The second-order valence-corrected chi connectivity index (χ2v) is 9.05. The first kappa shape index (κ1) is 28.5. The number of aliphatic carboxylic acids is 1. The fraction of sp³-hybridized carbons (Fsp3) is 0.667. The first-order valence-electron chi connectivity index (χ1n) is 11.8. The molecule has 3 rings (SSSR count). The molecule has 198 valence electrons. The van der Waals surface area contributed by atoms with Crippen LogP contribution < -0.4 is 20.1 Å². The van der Waals surface area contributed by atoms with E-state index in [1.54, 1.807) is 14.2 Å². The molecular formula is C24H37F3N4O4. The molecule has 0 radical (unpaired) electrons. The number of ether oxygens (including phenoxy) is 2. The lowest BCUT2D eigenvalue weighted by molar-refractivity contribution is -0.192. The van der Waals surface area contributed by atoms with Crippen LogP contribution in [-0.4, -0.2) is 74.6 Å².